The Kier molecular flexibility index (Phi) is 3.46. The monoisotopic (exact) mass is 243 g/mol. The van der Waals surface area contributed by atoms with Gasteiger partial charge >= 0.3 is 0 Å². The summed E-state index contributed by atoms with van der Waals surface area (Å²) in [6.07, 6.45) is 5.07. The molecule has 2 rings (SSSR count). The fourth-order valence-electron chi connectivity index (χ4n) is 2.10. The number of aromatic nitrogens is 2. The van der Waals surface area contributed by atoms with E-state index < -0.39 is 0 Å². The predicted molar refractivity (Wildman–Crippen MR) is 71.5 cm³/mol. The molecular weight excluding hydrogens is 226 g/mol. The van der Waals surface area contributed by atoms with Gasteiger partial charge in [0.1, 0.15) is 6.54 Å². The largest absolute Gasteiger partial charge is 0.328 e. The standard InChI is InChI=1S/C14H17N3O/c1-10-6-11(2)14(12(3)7-10)16-13(18)8-17-5-4-15-9-17/h4-7,9H,8H2,1-3H3,(H,16,18). The van der Waals surface area contributed by atoms with Gasteiger partial charge in [-0.25, -0.2) is 4.98 Å². The summed E-state index contributed by atoms with van der Waals surface area (Å²) >= 11 is 0. The molecule has 0 saturated heterocycles. The maximum Gasteiger partial charge on any atom is 0.244 e. The van der Waals surface area contributed by atoms with Crippen molar-refractivity contribution in [2.24, 2.45) is 0 Å². The van der Waals surface area contributed by atoms with E-state index in [2.05, 4.69) is 29.4 Å². The van der Waals surface area contributed by atoms with Gasteiger partial charge in [0.15, 0.2) is 0 Å². The topological polar surface area (TPSA) is 46.9 Å². The molecule has 0 spiro atoms. The highest BCUT2D eigenvalue weighted by Gasteiger charge is 2.08. The lowest BCUT2D eigenvalue weighted by Gasteiger charge is -2.13. The van der Waals surface area contributed by atoms with Crippen LogP contribution in [0.3, 0.4) is 0 Å². The Balaban J connectivity index is 2.12. The lowest BCUT2D eigenvalue weighted by Crippen LogP contribution is -2.19. The van der Waals surface area contributed by atoms with Gasteiger partial charge < -0.3 is 9.88 Å². The Morgan fingerprint density at radius 3 is 2.50 bits per heavy atom. The van der Waals surface area contributed by atoms with Crippen molar-refractivity contribution in [3.8, 4) is 0 Å². The normalized spacial score (nSPS) is 10.4. The maximum atomic E-state index is 11.9. The first-order valence-corrected chi connectivity index (χ1v) is 5.89. The molecule has 0 unspecified atom stereocenters. The number of carbonyl (C=O) groups is 1. The minimum Gasteiger partial charge on any atom is -0.328 e. The first-order valence-electron chi connectivity index (χ1n) is 5.89. The van der Waals surface area contributed by atoms with Crippen molar-refractivity contribution in [3.05, 3.63) is 47.5 Å². The Morgan fingerprint density at radius 1 is 1.28 bits per heavy atom. The fraction of sp³-hybridized carbons (Fsp3) is 0.286. The van der Waals surface area contributed by atoms with E-state index in [4.69, 9.17) is 0 Å². The third kappa shape index (κ3) is 2.77. The predicted octanol–water partition coefficient (Wildman–Crippen LogP) is 2.45. The van der Waals surface area contributed by atoms with Crippen LogP contribution in [0.15, 0.2) is 30.9 Å². The molecule has 0 radical (unpaired) electrons. The highest BCUT2D eigenvalue weighted by Crippen LogP contribution is 2.21. The number of imidazole rings is 1. The van der Waals surface area contributed by atoms with Crippen molar-refractivity contribution in [1.82, 2.24) is 9.55 Å². The fourth-order valence-corrected chi connectivity index (χ4v) is 2.10. The number of carbonyl (C=O) groups excluding carboxylic acids is 1. The summed E-state index contributed by atoms with van der Waals surface area (Å²) in [4.78, 5) is 15.8. The van der Waals surface area contributed by atoms with E-state index in [0.717, 1.165) is 16.8 Å². The van der Waals surface area contributed by atoms with E-state index in [1.54, 1.807) is 23.3 Å². The van der Waals surface area contributed by atoms with Crippen LogP contribution in [-0.2, 0) is 11.3 Å². The summed E-state index contributed by atoms with van der Waals surface area (Å²) in [5.41, 5.74) is 4.29. The van der Waals surface area contributed by atoms with Gasteiger partial charge in [-0.2, -0.15) is 0 Å². The van der Waals surface area contributed by atoms with Crippen LogP contribution < -0.4 is 5.32 Å². The second-order valence-electron chi connectivity index (χ2n) is 4.56. The van der Waals surface area contributed by atoms with E-state index >= 15 is 0 Å². The van der Waals surface area contributed by atoms with Crippen LogP contribution in [-0.4, -0.2) is 15.5 Å². The Morgan fingerprint density at radius 2 is 1.94 bits per heavy atom. The van der Waals surface area contributed by atoms with Gasteiger partial charge in [0, 0.05) is 18.1 Å². The molecule has 0 fully saturated rings. The SMILES string of the molecule is Cc1cc(C)c(NC(=O)Cn2ccnc2)c(C)c1. The van der Waals surface area contributed by atoms with Gasteiger partial charge in [0.05, 0.1) is 6.33 Å². The van der Waals surface area contributed by atoms with Gasteiger partial charge in [-0.1, -0.05) is 17.7 Å². The highest BCUT2D eigenvalue weighted by atomic mass is 16.1. The minimum absolute atomic E-state index is 0.0388. The van der Waals surface area contributed by atoms with E-state index in [1.165, 1.54) is 5.56 Å². The molecule has 2 aromatic rings. The molecule has 1 aromatic carbocycles. The third-order valence-corrected chi connectivity index (χ3v) is 2.83. The number of nitrogens with one attached hydrogen (secondary N) is 1. The van der Waals surface area contributed by atoms with Crippen LogP contribution >= 0.6 is 0 Å². The van der Waals surface area contributed by atoms with Gasteiger partial charge in [-0.05, 0) is 31.9 Å². The number of amides is 1. The molecular formula is C14H17N3O. The summed E-state index contributed by atoms with van der Waals surface area (Å²) in [5.74, 6) is -0.0388. The van der Waals surface area contributed by atoms with Crippen LogP contribution in [0.25, 0.3) is 0 Å². The zero-order chi connectivity index (χ0) is 13.1. The molecule has 1 amide bonds. The van der Waals surface area contributed by atoms with Crippen molar-refractivity contribution in [1.29, 1.82) is 0 Å². The molecule has 4 nitrogen and oxygen atoms in total. The molecule has 0 aliphatic heterocycles. The van der Waals surface area contributed by atoms with Crippen molar-refractivity contribution < 1.29 is 4.79 Å². The molecule has 0 aliphatic carbocycles. The first kappa shape index (κ1) is 12.4. The molecule has 18 heavy (non-hydrogen) atoms. The summed E-state index contributed by atoms with van der Waals surface area (Å²) in [6.45, 7) is 6.35. The minimum atomic E-state index is -0.0388. The maximum absolute atomic E-state index is 11.9. The lowest BCUT2D eigenvalue weighted by atomic mass is 10.1. The first-order chi connectivity index (χ1) is 8.56. The number of hydrogen-bond donors (Lipinski definition) is 1. The smallest absolute Gasteiger partial charge is 0.244 e. The van der Waals surface area contributed by atoms with Crippen LogP contribution in [0, 0.1) is 20.8 Å². The van der Waals surface area contributed by atoms with Crippen LogP contribution in [0.4, 0.5) is 5.69 Å². The van der Waals surface area contributed by atoms with E-state index in [1.807, 2.05) is 13.8 Å². The average Bonchev–Trinajstić information content (AvgIpc) is 2.76. The van der Waals surface area contributed by atoms with Crippen molar-refractivity contribution >= 4 is 11.6 Å². The second-order valence-corrected chi connectivity index (χ2v) is 4.56. The third-order valence-electron chi connectivity index (χ3n) is 2.83. The molecule has 1 N–H and O–H groups in total. The van der Waals surface area contributed by atoms with Crippen LogP contribution in [0.5, 0.6) is 0 Å². The molecule has 0 saturated carbocycles. The molecule has 4 heteroatoms. The molecule has 1 aromatic heterocycles. The van der Waals surface area contributed by atoms with Gasteiger partial charge in [0.2, 0.25) is 5.91 Å². The number of benzene rings is 1. The van der Waals surface area contributed by atoms with E-state index in [9.17, 15) is 4.79 Å². The van der Waals surface area contributed by atoms with Crippen molar-refractivity contribution in [2.75, 3.05) is 5.32 Å². The zero-order valence-electron chi connectivity index (χ0n) is 10.9. The Bertz CT molecular complexity index is 535. The van der Waals surface area contributed by atoms with Crippen LogP contribution in [0.1, 0.15) is 16.7 Å². The summed E-state index contributed by atoms with van der Waals surface area (Å²) in [5, 5.41) is 2.96. The summed E-state index contributed by atoms with van der Waals surface area (Å²) in [7, 11) is 0. The number of anilines is 1. The van der Waals surface area contributed by atoms with Gasteiger partial charge in [-0.15, -0.1) is 0 Å². The number of aryl methyl sites for hydroxylation is 3. The molecule has 0 bridgehead atoms. The molecule has 0 aliphatic rings. The van der Waals surface area contributed by atoms with Crippen molar-refractivity contribution in [3.63, 3.8) is 0 Å². The summed E-state index contributed by atoms with van der Waals surface area (Å²) < 4.78 is 1.74. The quantitative estimate of drug-likeness (QED) is 0.900. The number of nitrogens with zero attached hydrogens (tertiary/aromatic N) is 2. The molecule has 94 valence electrons. The molecule has 1 heterocycles. The number of rotatable bonds is 3. The molecule has 0 atom stereocenters. The highest BCUT2D eigenvalue weighted by molar-refractivity contribution is 5.92. The van der Waals surface area contributed by atoms with Crippen molar-refractivity contribution in [2.45, 2.75) is 27.3 Å². The number of hydrogen-bond acceptors (Lipinski definition) is 2. The average molecular weight is 243 g/mol. The zero-order valence-corrected chi connectivity index (χ0v) is 10.9. The second kappa shape index (κ2) is 5.04. The van der Waals surface area contributed by atoms with Crippen LogP contribution in [0.2, 0.25) is 0 Å². The van der Waals surface area contributed by atoms with E-state index in [-0.39, 0.29) is 12.5 Å². The Hall–Kier alpha value is -2.10. The lowest BCUT2D eigenvalue weighted by molar-refractivity contribution is -0.116. The van der Waals surface area contributed by atoms with Gasteiger partial charge in [-0.3, -0.25) is 4.79 Å². The Labute approximate surface area is 107 Å². The van der Waals surface area contributed by atoms with Gasteiger partial charge in [0.25, 0.3) is 0 Å². The summed E-state index contributed by atoms with van der Waals surface area (Å²) in [6, 6.07) is 4.14. The van der Waals surface area contributed by atoms with E-state index in [0.29, 0.717) is 0 Å².